The van der Waals surface area contributed by atoms with E-state index < -0.39 is 0 Å². The van der Waals surface area contributed by atoms with Crippen LogP contribution >= 0.6 is 0 Å². The van der Waals surface area contributed by atoms with Gasteiger partial charge in [-0.15, -0.1) is 0 Å². The molecule has 2 nitrogen and oxygen atoms in total. The first kappa shape index (κ1) is 12.2. The van der Waals surface area contributed by atoms with E-state index in [1.165, 1.54) is 22.2 Å². The third-order valence-electron chi connectivity index (χ3n) is 3.32. The molecule has 1 unspecified atom stereocenters. The van der Waals surface area contributed by atoms with E-state index in [1.807, 2.05) is 0 Å². The molecular formula is C15H21NO. The molecule has 0 radical (unpaired) electrons. The van der Waals surface area contributed by atoms with Crippen LogP contribution in [0, 0.1) is 6.92 Å². The summed E-state index contributed by atoms with van der Waals surface area (Å²) in [7, 11) is 0. The Hall–Kier alpha value is -1.28. The third kappa shape index (κ3) is 2.09. The highest BCUT2D eigenvalue weighted by Crippen LogP contribution is 2.29. The van der Waals surface area contributed by atoms with E-state index in [0.717, 1.165) is 0 Å². The number of benzene rings is 1. The molecule has 1 aromatic heterocycles. The Labute approximate surface area is 103 Å². The van der Waals surface area contributed by atoms with Gasteiger partial charge in [-0.05, 0) is 39.0 Å². The van der Waals surface area contributed by atoms with Crippen molar-refractivity contribution < 1.29 is 5.11 Å². The maximum absolute atomic E-state index is 9.36. The number of aromatic nitrogens is 1. The highest BCUT2D eigenvalue weighted by atomic mass is 16.3. The van der Waals surface area contributed by atoms with Crippen molar-refractivity contribution >= 4 is 10.9 Å². The predicted molar refractivity (Wildman–Crippen MR) is 72.6 cm³/mol. The van der Waals surface area contributed by atoms with Crippen LogP contribution in [-0.2, 0) is 0 Å². The number of rotatable bonds is 3. The fraction of sp³-hybridized carbons (Fsp3) is 0.467. The average molecular weight is 231 g/mol. The minimum absolute atomic E-state index is 0.185. The smallest absolute Gasteiger partial charge is 0.0511 e. The van der Waals surface area contributed by atoms with Gasteiger partial charge >= 0.3 is 0 Å². The molecule has 17 heavy (non-hydrogen) atoms. The summed E-state index contributed by atoms with van der Waals surface area (Å²) in [4.78, 5) is 0. The molecule has 1 heterocycles. The van der Waals surface area contributed by atoms with E-state index >= 15 is 0 Å². The predicted octanol–water partition coefficient (Wildman–Crippen LogP) is 3.63. The zero-order valence-electron chi connectivity index (χ0n) is 11.1. The van der Waals surface area contributed by atoms with Crippen molar-refractivity contribution in [1.29, 1.82) is 0 Å². The molecule has 0 fully saturated rings. The van der Waals surface area contributed by atoms with E-state index in [0.29, 0.717) is 6.04 Å². The largest absolute Gasteiger partial charge is 0.396 e. The van der Waals surface area contributed by atoms with Gasteiger partial charge in [-0.25, -0.2) is 0 Å². The second kappa shape index (κ2) is 4.53. The third-order valence-corrected chi connectivity index (χ3v) is 3.32. The first-order valence-electron chi connectivity index (χ1n) is 6.27. The SMILES string of the molecule is Cc1ccc2c(c1)cc(C(C)CO)n2C(C)C. The molecule has 1 N–H and O–H groups in total. The van der Waals surface area contributed by atoms with Crippen molar-refractivity contribution in [3.63, 3.8) is 0 Å². The molecule has 0 aliphatic heterocycles. The van der Waals surface area contributed by atoms with Gasteiger partial charge < -0.3 is 9.67 Å². The lowest BCUT2D eigenvalue weighted by atomic mass is 10.1. The molecule has 0 bridgehead atoms. The van der Waals surface area contributed by atoms with Crippen LogP contribution in [0.5, 0.6) is 0 Å². The highest BCUT2D eigenvalue weighted by molar-refractivity contribution is 5.82. The molecule has 0 aliphatic rings. The van der Waals surface area contributed by atoms with Crippen LogP contribution < -0.4 is 0 Å². The second-order valence-corrected chi connectivity index (χ2v) is 5.18. The first-order chi connectivity index (χ1) is 8.04. The van der Waals surface area contributed by atoms with Crippen LogP contribution in [0.2, 0.25) is 0 Å². The minimum atomic E-state index is 0.185. The summed E-state index contributed by atoms with van der Waals surface area (Å²) in [5.41, 5.74) is 3.77. The lowest BCUT2D eigenvalue weighted by Gasteiger charge is -2.18. The molecular weight excluding hydrogens is 210 g/mol. The van der Waals surface area contributed by atoms with Crippen molar-refractivity contribution in [3.8, 4) is 0 Å². The summed E-state index contributed by atoms with van der Waals surface area (Å²) in [6, 6.07) is 9.16. The lowest BCUT2D eigenvalue weighted by molar-refractivity contribution is 0.268. The van der Waals surface area contributed by atoms with Gasteiger partial charge in [0.1, 0.15) is 0 Å². The molecule has 2 heteroatoms. The molecule has 92 valence electrons. The quantitative estimate of drug-likeness (QED) is 0.857. The van der Waals surface area contributed by atoms with Gasteiger partial charge in [-0.2, -0.15) is 0 Å². The Morgan fingerprint density at radius 3 is 2.47 bits per heavy atom. The number of hydrogen-bond donors (Lipinski definition) is 1. The summed E-state index contributed by atoms with van der Waals surface area (Å²) in [5, 5.41) is 10.6. The van der Waals surface area contributed by atoms with Gasteiger partial charge in [0.25, 0.3) is 0 Å². The Bertz CT molecular complexity index is 525. The van der Waals surface area contributed by atoms with Crippen molar-refractivity contribution in [2.24, 2.45) is 0 Å². The van der Waals surface area contributed by atoms with Crippen molar-refractivity contribution in [2.75, 3.05) is 6.61 Å². The second-order valence-electron chi connectivity index (χ2n) is 5.18. The van der Waals surface area contributed by atoms with Crippen LogP contribution in [0.25, 0.3) is 10.9 Å². The van der Waals surface area contributed by atoms with Crippen LogP contribution in [0.15, 0.2) is 24.3 Å². The zero-order chi connectivity index (χ0) is 12.6. The molecule has 1 atom stereocenters. The minimum Gasteiger partial charge on any atom is -0.396 e. The van der Waals surface area contributed by atoms with E-state index in [2.05, 4.69) is 56.5 Å². The van der Waals surface area contributed by atoms with Gasteiger partial charge in [0.2, 0.25) is 0 Å². The normalized spacial score (nSPS) is 13.5. The van der Waals surface area contributed by atoms with Crippen molar-refractivity contribution in [1.82, 2.24) is 4.57 Å². The molecule has 0 aliphatic carbocycles. The van der Waals surface area contributed by atoms with Gasteiger partial charge in [-0.3, -0.25) is 0 Å². The maximum atomic E-state index is 9.36. The Morgan fingerprint density at radius 2 is 1.88 bits per heavy atom. The van der Waals surface area contributed by atoms with E-state index in [9.17, 15) is 5.11 Å². The van der Waals surface area contributed by atoms with Gasteiger partial charge in [0, 0.05) is 28.6 Å². The molecule has 0 amide bonds. The van der Waals surface area contributed by atoms with Crippen LogP contribution in [-0.4, -0.2) is 16.3 Å². The maximum Gasteiger partial charge on any atom is 0.0511 e. The first-order valence-corrected chi connectivity index (χ1v) is 6.27. The molecule has 1 aromatic carbocycles. The molecule has 2 aromatic rings. The summed E-state index contributed by atoms with van der Waals surface area (Å²) in [6.07, 6.45) is 0. The van der Waals surface area contributed by atoms with Gasteiger partial charge in [0.05, 0.1) is 6.61 Å². The Balaban J connectivity index is 2.70. The number of aryl methyl sites for hydroxylation is 1. The molecule has 2 rings (SSSR count). The number of hydrogen-bond acceptors (Lipinski definition) is 1. The summed E-state index contributed by atoms with van der Waals surface area (Å²) in [6.45, 7) is 8.75. The fourth-order valence-corrected chi connectivity index (χ4v) is 2.43. The topological polar surface area (TPSA) is 25.2 Å². The van der Waals surface area contributed by atoms with Crippen LogP contribution in [0.1, 0.15) is 44.0 Å². The number of nitrogens with zero attached hydrogens (tertiary/aromatic N) is 1. The fourth-order valence-electron chi connectivity index (χ4n) is 2.43. The number of aliphatic hydroxyl groups excluding tert-OH is 1. The summed E-state index contributed by atoms with van der Waals surface area (Å²) >= 11 is 0. The zero-order valence-corrected chi connectivity index (χ0v) is 11.1. The van der Waals surface area contributed by atoms with Crippen molar-refractivity contribution in [3.05, 3.63) is 35.5 Å². The van der Waals surface area contributed by atoms with E-state index in [-0.39, 0.29) is 12.5 Å². The molecule has 0 saturated heterocycles. The van der Waals surface area contributed by atoms with Crippen LogP contribution in [0.4, 0.5) is 0 Å². The standard InChI is InChI=1S/C15H21NO/c1-10(2)16-14-6-5-11(3)7-13(14)8-15(16)12(4)9-17/h5-8,10,12,17H,9H2,1-4H3. The number of aliphatic hydroxyl groups is 1. The molecule has 0 spiro atoms. The summed E-state index contributed by atoms with van der Waals surface area (Å²) in [5.74, 6) is 0.185. The average Bonchev–Trinajstić information content (AvgIpc) is 2.66. The molecule has 0 saturated carbocycles. The Kier molecular flexibility index (Phi) is 3.25. The lowest BCUT2D eigenvalue weighted by Crippen LogP contribution is -2.10. The van der Waals surface area contributed by atoms with E-state index in [4.69, 9.17) is 0 Å². The Morgan fingerprint density at radius 1 is 1.18 bits per heavy atom. The highest BCUT2D eigenvalue weighted by Gasteiger charge is 2.15. The number of fused-ring (bicyclic) bond motifs is 1. The van der Waals surface area contributed by atoms with Crippen molar-refractivity contribution in [2.45, 2.75) is 39.7 Å². The van der Waals surface area contributed by atoms with Crippen LogP contribution in [0.3, 0.4) is 0 Å². The van der Waals surface area contributed by atoms with Gasteiger partial charge in [-0.1, -0.05) is 18.6 Å². The van der Waals surface area contributed by atoms with Gasteiger partial charge in [0.15, 0.2) is 0 Å². The monoisotopic (exact) mass is 231 g/mol. The summed E-state index contributed by atoms with van der Waals surface area (Å²) < 4.78 is 2.33. The van der Waals surface area contributed by atoms with E-state index in [1.54, 1.807) is 0 Å².